The van der Waals surface area contributed by atoms with Crippen LogP contribution in [0.4, 0.5) is 0 Å². The van der Waals surface area contributed by atoms with Crippen LogP contribution in [0.1, 0.15) is 23.2 Å². The van der Waals surface area contributed by atoms with E-state index in [0.717, 1.165) is 14.5 Å². The molecule has 0 bridgehead atoms. The minimum absolute atomic E-state index is 0.0707. The van der Waals surface area contributed by atoms with Crippen molar-refractivity contribution in [3.8, 4) is 0 Å². The summed E-state index contributed by atoms with van der Waals surface area (Å²) in [6, 6.07) is 5.62. The summed E-state index contributed by atoms with van der Waals surface area (Å²) >= 11 is 10.3. The van der Waals surface area contributed by atoms with Crippen molar-refractivity contribution in [1.82, 2.24) is 5.32 Å². The summed E-state index contributed by atoms with van der Waals surface area (Å²) < 4.78 is 1.82. The quantitative estimate of drug-likeness (QED) is 0.432. The van der Waals surface area contributed by atoms with Crippen LogP contribution < -0.4 is 11.1 Å². The van der Waals surface area contributed by atoms with Crippen molar-refractivity contribution in [3.05, 3.63) is 31.8 Å². The number of carbonyl (C=O) groups is 1. The van der Waals surface area contributed by atoms with Crippen molar-refractivity contribution >= 4 is 61.6 Å². The number of thiocarbonyl (C=S) groups is 1. The lowest BCUT2D eigenvalue weighted by Crippen LogP contribution is -2.26. The molecule has 0 atom stereocenters. The summed E-state index contributed by atoms with van der Waals surface area (Å²) in [6.07, 6.45) is 1.43. The molecule has 0 aromatic heterocycles. The van der Waals surface area contributed by atoms with Gasteiger partial charge in [0.25, 0.3) is 5.91 Å². The van der Waals surface area contributed by atoms with Crippen molar-refractivity contribution in [3.63, 3.8) is 0 Å². The van der Waals surface area contributed by atoms with Crippen molar-refractivity contribution in [2.45, 2.75) is 12.8 Å². The molecule has 3 nitrogen and oxygen atoms in total. The fourth-order valence-corrected chi connectivity index (χ4v) is 2.32. The van der Waals surface area contributed by atoms with Gasteiger partial charge in [-0.2, -0.15) is 0 Å². The van der Waals surface area contributed by atoms with Crippen LogP contribution in [-0.4, -0.2) is 17.4 Å². The predicted molar refractivity (Wildman–Crippen MR) is 85.2 cm³/mol. The zero-order valence-electron chi connectivity index (χ0n) is 9.00. The second kappa shape index (κ2) is 7.27. The molecule has 1 rings (SSSR count). The maximum atomic E-state index is 11.9. The highest BCUT2D eigenvalue weighted by atomic mass is 127. The summed E-state index contributed by atoms with van der Waals surface area (Å²) in [5, 5.41) is 2.84. The normalized spacial score (nSPS) is 10.0. The molecule has 17 heavy (non-hydrogen) atoms. The number of rotatable bonds is 5. The topological polar surface area (TPSA) is 55.1 Å². The molecule has 6 heteroatoms. The van der Waals surface area contributed by atoms with Crippen molar-refractivity contribution < 1.29 is 4.79 Å². The Morgan fingerprint density at radius 3 is 2.88 bits per heavy atom. The van der Waals surface area contributed by atoms with Gasteiger partial charge in [0.15, 0.2) is 0 Å². The maximum absolute atomic E-state index is 11.9. The van der Waals surface area contributed by atoms with Crippen LogP contribution in [0.2, 0.25) is 0 Å². The third-order valence-corrected chi connectivity index (χ3v) is 3.70. The van der Waals surface area contributed by atoms with E-state index in [-0.39, 0.29) is 5.91 Å². The van der Waals surface area contributed by atoms with E-state index in [1.165, 1.54) is 0 Å². The third-order valence-electron chi connectivity index (χ3n) is 2.06. The highest BCUT2D eigenvalue weighted by Crippen LogP contribution is 2.18. The Bertz CT molecular complexity index is 439. The van der Waals surface area contributed by atoms with Crippen molar-refractivity contribution in [1.29, 1.82) is 0 Å². The Morgan fingerprint density at radius 2 is 2.24 bits per heavy atom. The minimum atomic E-state index is -0.0707. The zero-order chi connectivity index (χ0) is 12.8. The Morgan fingerprint density at radius 1 is 1.53 bits per heavy atom. The van der Waals surface area contributed by atoms with Gasteiger partial charge in [-0.15, -0.1) is 0 Å². The number of hydrogen-bond donors (Lipinski definition) is 2. The van der Waals surface area contributed by atoms with Gasteiger partial charge in [-0.3, -0.25) is 4.79 Å². The molecule has 0 aliphatic heterocycles. The number of amides is 1. The Hall–Kier alpha value is -0.210. The number of benzene rings is 1. The fraction of sp³-hybridized carbons (Fsp3) is 0.273. The second-order valence-electron chi connectivity index (χ2n) is 3.45. The zero-order valence-corrected chi connectivity index (χ0v) is 13.6. The first-order valence-corrected chi connectivity index (χ1v) is 7.30. The Balaban J connectivity index is 2.52. The molecule has 0 aliphatic rings. The smallest absolute Gasteiger partial charge is 0.252 e. The van der Waals surface area contributed by atoms with E-state index in [2.05, 4.69) is 43.8 Å². The first-order chi connectivity index (χ1) is 8.00. The van der Waals surface area contributed by atoms with Gasteiger partial charge in [-0.1, -0.05) is 28.1 Å². The van der Waals surface area contributed by atoms with E-state index < -0.39 is 0 Å². The molecule has 0 unspecified atom stereocenters. The summed E-state index contributed by atoms with van der Waals surface area (Å²) in [7, 11) is 0. The summed E-state index contributed by atoms with van der Waals surface area (Å²) in [5.41, 5.74) is 6.05. The van der Waals surface area contributed by atoms with Crippen LogP contribution in [0.15, 0.2) is 22.7 Å². The molecule has 0 heterocycles. The first kappa shape index (κ1) is 14.8. The lowest BCUT2D eigenvalue weighted by Gasteiger charge is -2.07. The Labute approximate surface area is 128 Å². The van der Waals surface area contributed by atoms with Gasteiger partial charge in [0, 0.05) is 14.6 Å². The number of carbonyl (C=O) groups excluding carboxylic acids is 1. The average Bonchev–Trinajstić information content (AvgIpc) is 2.27. The van der Waals surface area contributed by atoms with E-state index in [1.54, 1.807) is 0 Å². The molecule has 1 aromatic rings. The molecule has 92 valence electrons. The molecule has 0 aliphatic carbocycles. The van der Waals surface area contributed by atoms with Crippen LogP contribution in [0.25, 0.3) is 0 Å². The van der Waals surface area contributed by atoms with Gasteiger partial charge in [0.05, 0.1) is 10.6 Å². The first-order valence-electron chi connectivity index (χ1n) is 5.02. The largest absolute Gasteiger partial charge is 0.393 e. The molecular weight excluding hydrogens is 415 g/mol. The van der Waals surface area contributed by atoms with Crippen LogP contribution in [0.3, 0.4) is 0 Å². The van der Waals surface area contributed by atoms with E-state index >= 15 is 0 Å². The molecule has 0 saturated carbocycles. The highest BCUT2D eigenvalue weighted by molar-refractivity contribution is 14.1. The van der Waals surface area contributed by atoms with Gasteiger partial charge in [0.2, 0.25) is 0 Å². The summed E-state index contributed by atoms with van der Waals surface area (Å²) in [4.78, 5) is 12.3. The van der Waals surface area contributed by atoms with Crippen LogP contribution in [-0.2, 0) is 0 Å². The number of hydrogen-bond acceptors (Lipinski definition) is 2. The molecular formula is C11H12BrIN2OS. The lowest BCUT2D eigenvalue weighted by atomic mass is 10.2. The van der Waals surface area contributed by atoms with Gasteiger partial charge in [-0.05, 0) is 53.6 Å². The predicted octanol–water partition coefficient (Wildman–Crippen LogP) is 2.85. The Kier molecular flexibility index (Phi) is 6.35. The standard InChI is InChI=1S/C11H12BrIN2OS/c12-7-3-4-9(13)8(6-7)11(16)15-5-1-2-10(14)17/h3-4,6H,1-2,5H2,(H2,14,17)(H,15,16). The second-order valence-corrected chi connectivity index (χ2v) is 6.05. The summed E-state index contributed by atoms with van der Waals surface area (Å²) in [5.74, 6) is -0.0707. The van der Waals surface area contributed by atoms with Gasteiger partial charge in [0.1, 0.15) is 0 Å². The van der Waals surface area contributed by atoms with Gasteiger partial charge >= 0.3 is 0 Å². The van der Waals surface area contributed by atoms with Crippen LogP contribution >= 0.6 is 50.7 Å². The van der Waals surface area contributed by atoms with Crippen molar-refractivity contribution in [2.75, 3.05) is 6.54 Å². The molecule has 1 aromatic carbocycles. The number of halogens is 2. The average molecular weight is 427 g/mol. The van der Waals surface area contributed by atoms with E-state index in [4.69, 9.17) is 18.0 Å². The van der Waals surface area contributed by atoms with E-state index in [1.807, 2.05) is 18.2 Å². The van der Waals surface area contributed by atoms with E-state index in [9.17, 15) is 4.79 Å². The fourth-order valence-electron chi connectivity index (χ4n) is 1.23. The number of nitrogens with one attached hydrogen (secondary N) is 1. The molecule has 0 spiro atoms. The lowest BCUT2D eigenvalue weighted by molar-refractivity contribution is 0.0952. The highest BCUT2D eigenvalue weighted by Gasteiger charge is 2.09. The van der Waals surface area contributed by atoms with Gasteiger partial charge in [-0.25, -0.2) is 0 Å². The monoisotopic (exact) mass is 426 g/mol. The minimum Gasteiger partial charge on any atom is -0.393 e. The molecule has 0 radical (unpaired) electrons. The van der Waals surface area contributed by atoms with Gasteiger partial charge < -0.3 is 11.1 Å². The third kappa shape index (κ3) is 5.31. The maximum Gasteiger partial charge on any atom is 0.252 e. The molecule has 0 fully saturated rings. The van der Waals surface area contributed by atoms with Crippen molar-refractivity contribution in [2.24, 2.45) is 5.73 Å². The van der Waals surface area contributed by atoms with Crippen LogP contribution in [0, 0.1) is 3.57 Å². The molecule has 0 saturated heterocycles. The number of nitrogens with two attached hydrogens (primary N) is 1. The van der Waals surface area contributed by atoms with Crippen LogP contribution in [0.5, 0.6) is 0 Å². The van der Waals surface area contributed by atoms with E-state index in [0.29, 0.717) is 23.5 Å². The SMILES string of the molecule is NC(=S)CCCNC(=O)c1cc(Br)ccc1I. The summed E-state index contributed by atoms with van der Waals surface area (Å²) in [6.45, 7) is 0.582. The molecule has 1 amide bonds. The molecule has 3 N–H and O–H groups in total.